The predicted octanol–water partition coefficient (Wildman–Crippen LogP) is 3.03. The van der Waals surface area contributed by atoms with Crippen LogP contribution in [0.15, 0.2) is 71.9 Å². The lowest BCUT2D eigenvalue weighted by molar-refractivity contribution is -0.119. The Labute approximate surface area is 157 Å². The minimum atomic E-state index is -3.76. The van der Waals surface area contributed by atoms with E-state index in [2.05, 4.69) is 10.3 Å². The van der Waals surface area contributed by atoms with Crippen LogP contribution in [0.5, 0.6) is 0 Å². The molecule has 0 spiro atoms. The summed E-state index contributed by atoms with van der Waals surface area (Å²) in [5.41, 5.74) is 0.553. The molecule has 1 saturated heterocycles. The number of anilines is 1. The van der Waals surface area contributed by atoms with Gasteiger partial charge in [0.05, 0.1) is 16.8 Å². The van der Waals surface area contributed by atoms with Gasteiger partial charge in [0.15, 0.2) is 0 Å². The topological polar surface area (TPSA) is 79.4 Å². The second-order valence-corrected chi connectivity index (χ2v) is 8.40. The molecule has 1 aliphatic heterocycles. The van der Waals surface area contributed by atoms with Crippen molar-refractivity contribution in [1.29, 1.82) is 0 Å². The number of hydrogen-bond acceptors (Lipinski definition) is 4. The molecule has 1 aromatic heterocycles. The lowest BCUT2D eigenvalue weighted by atomic mass is 10.1. The maximum Gasteiger partial charge on any atom is 0.243 e. The van der Waals surface area contributed by atoms with Crippen molar-refractivity contribution in [2.45, 2.75) is 23.8 Å². The Morgan fingerprint density at radius 1 is 1.07 bits per heavy atom. The number of amides is 1. The fraction of sp³-hybridized carbons (Fsp3) is 0.200. The zero-order chi connectivity index (χ0) is 18.9. The minimum absolute atomic E-state index is 0.210. The fourth-order valence-electron chi connectivity index (χ4n) is 3.42. The molecule has 138 valence electrons. The summed E-state index contributed by atoms with van der Waals surface area (Å²) in [6.07, 6.45) is 4.30. The van der Waals surface area contributed by atoms with Gasteiger partial charge in [0.25, 0.3) is 0 Å². The van der Waals surface area contributed by atoms with Crippen molar-refractivity contribution in [2.24, 2.45) is 0 Å². The molecular weight excluding hydrogens is 362 g/mol. The van der Waals surface area contributed by atoms with Crippen LogP contribution in [-0.4, -0.2) is 36.2 Å². The van der Waals surface area contributed by atoms with Gasteiger partial charge < -0.3 is 5.32 Å². The lowest BCUT2D eigenvalue weighted by Gasteiger charge is -2.23. The highest BCUT2D eigenvalue weighted by Crippen LogP contribution is 2.28. The summed E-state index contributed by atoms with van der Waals surface area (Å²) in [7, 11) is -3.76. The highest BCUT2D eigenvalue weighted by molar-refractivity contribution is 7.89. The number of benzene rings is 2. The number of rotatable bonds is 4. The molecule has 0 saturated carbocycles. The van der Waals surface area contributed by atoms with Gasteiger partial charge in [-0.05, 0) is 47.9 Å². The summed E-state index contributed by atoms with van der Waals surface area (Å²) >= 11 is 0. The van der Waals surface area contributed by atoms with Crippen LogP contribution in [0.25, 0.3) is 10.8 Å². The number of pyridine rings is 1. The molecule has 1 aliphatic rings. The van der Waals surface area contributed by atoms with Crippen LogP contribution in [0.4, 0.5) is 5.69 Å². The number of nitrogens with one attached hydrogen (secondary N) is 1. The number of carbonyl (C=O) groups excluding carboxylic acids is 1. The Kier molecular flexibility index (Phi) is 4.63. The largest absolute Gasteiger partial charge is 0.323 e. The smallest absolute Gasteiger partial charge is 0.243 e. The third-order valence-electron chi connectivity index (χ3n) is 4.76. The Morgan fingerprint density at radius 3 is 2.67 bits per heavy atom. The first-order valence-electron chi connectivity index (χ1n) is 8.77. The molecule has 1 N–H and O–H groups in total. The van der Waals surface area contributed by atoms with Crippen molar-refractivity contribution in [3.63, 3.8) is 0 Å². The van der Waals surface area contributed by atoms with Crippen LogP contribution in [0, 0.1) is 0 Å². The van der Waals surface area contributed by atoms with E-state index in [9.17, 15) is 13.2 Å². The van der Waals surface area contributed by atoms with E-state index in [0.717, 1.165) is 10.8 Å². The van der Waals surface area contributed by atoms with Gasteiger partial charge in [-0.3, -0.25) is 9.78 Å². The molecule has 1 atom stereocenters. The maximum atomic E-state index is 13.2. The molecule has 7 heteroatoms. The van der Waals surface area contributed by atoms with Crippen molar-refractivity contribution in [3.8, 4) is 0 Å². The van der Waals surface area contributed by atoms with Crippen molar-refractivity contribution in [1.82, 2.24) is 9.29 Å². The zero-order valence-electron chi connectivity index (χ0n) is 14.6. The van der Waals surface area contributed by atoms with Gasteiger partial charge in [-0.1, -0.05) is 30.3 Å². The van der Waals surface area contributed by atoms with Crippen LogP contribution in [0.2, 0.25) is 0 Å². The Hall–Kier alpha value is -2.77. The molecule has 0 unspecified atom stereocenters. The first-order chi connectivity index (χ1) is 13.1. The van der Waals surface area contributed by atoms with E-state index in [1.807, 2.05) is 24.3 Å². The zero-order valence-corrected chi connectivity index (χ0v) is 15.4. The Bertz CT molecular complexity index is 1080. The molecule has 6 nitrogen and oxygen atoms in total. The minimum Gasteiger partial charge on any atom is -0.323 e. The first-order valence-corrected chi connectivity index (χ1v) is 10.2. The second-order valence-electron chi connectivity index (χ2n) is 6.51. The van der Waals surface area contributed by atoms with Crippen LogP contribution in [-0.2, 0) is 14.8 Å². The molecule has 2 heterocycles. The molecule has 3 aromatic rings. The van der Waals surface area contributed by atoms with Crippen molar-refractivity contribution in [2.75, 3.05) is 11.9 Å². The molecule has 27 heavy (non-hydrogen) atoms. The van der Waals surface area contributed by atoms with E-state index in [1.165, 1.54) is 10.5 Å². The summed E-state index contributed by atoms with van der Waals surface area (Å²) in [6, 6.07) is 15.4. The normalized spacial score (nSPS) is 17.9. The van der Waals surface area contributed by atoms with Gasteiger partial charge in [-0.15, -0.1) is 0 Å². The molecule has 0 aliphatic carbocycles. The molecule has 4 rings (SSSR count). The van der Waals surface area contributed by atoms with Crippen molar-refractivity contribution in [3.05, 3.63) is 67.0 Å². The molecule has 0 radical (unpaired) electrons. The SMILES string of the molecule is O=C(Nc1cccnc1)[C@H]1CCCN1S(=O)(=O)c1ccc2ccccc2c1. The van der Waals surface area contributed by atoms with E-state index in [4.69, 9.17) is 0 Å². The van der Waals surface area contributed by atoms with Crippen LogP contribution in [0.1, 0.15) is 12.8 Å². The number of fused-ring (bicyclic) bond motifs is 1. The molecule has 0 bridgehead atoms. The summed E-state index contributed by atoms with van der Waals surface area (Å²) in [5, 5.41) is 4.59. The molecule has 1 amide bonds. The van der Waals surface area contributed by atoms with Gasteiger partial charge in [-0.25, -0.2) is 8.42 Å². The van der Waals surface area contributed by atoms with Gasteiger partial charge >= 0.3 is 0 Å². The number of sulfonamides is 1. The average molecular weight is 381 g/mol. The molecule has 2 aromatic carbocycles. The van der Waals surface area contributed by atoms with Gasteiger partial charge in [-0.2, -0.15) is 4.31 Å². The second kappa shape index (κ2) is 7.09. The number of nitrogens with zero attached hydrogens (tertiary/aromatic N) is 2. The average Bonchev–Trinajstić information content (AvgIpc) is 3.19. The Balaban J connectivity index is 1.62. The summed E-state index contributed by atoms with van der Waals surface area (Å²) < 4.78 is 27.7. The van der Waals surface area contributed by atoms with Gasteiger partial charge in [0.1, 0.15) is 6.04 Å². The van der Waals surface area contributed by atoms with E-state index >= 15 is 0 Å². The highest BCUT2D eigenvalue weighted by Gasteiger charge is 2.39. The maximum absolute atomic E-state index is 13.2. The Morgan fingerprint density at radius 2 is 1.89 bits per heavy atom. The quantitative estimate of drug-likeness (QED) is 0.753. The van der Waals surface area contributed by atoms with E-state index in [-0.39, 0.29) is 10.8 Å². The molecular formula is C20H19N3O3S. The van der Waals surface area contributed by atoms with E-state index in [1.54, 1.807) is 36.5 Å². The highest BCUT2D eigenvalue weighted by atomic mass is 32.2. The first kappa shape index (κ1) is 17.6. The lowest BCUT2D eigenvalue weighted by Crippen LogP contribution is -2.43. The molecule has 1 fully saturated rings. The number of hydrogen-bond donors (Lipinski definition) is 1. The van der Waals surface area contributed by atoms with Crippen LogP contribution >= 0.6 is 0 Å². The van der Waals surface area contributed by atoms with Crippen LogP contribution < -0.4 is 5.32 Å². The fourth-order valence-corrected chi connectivity index (χ4v) is 5.11. The van der Waals surface area contributed by atoms with Crippen molar-refractivity contribution < 1.29 is 13.2 Å². The third-order valence-corrected chi connectivity index (χ3v) is 6.67. The number of carbonyl (C=O) groups is 1. The van der Waals surface area contributed by atoms with Crippen molar-refractivity contribution >= 4 is 32.4 Å². The summed E-state index contributed by atoms with van der Waals surface area (Å²) in [6.45, 7) is 0.334. The standard InChI is InChI=1S/C20H19N3O3S/c24-20(22-17-7-3-11-21-14-17)19-8-4-12-23(19)27(25,26)18-10-9-15-5-1-2-6-16(15)13-18/h1-3,5-7,9-11,13-14,19H,4,8,12H2,(H,22,24)/t19-/m1/s1. The monoisotopic (exact) mass is 381 g/mol. The van der Waals surface area contributed by atoms with Crippen LogP contribution in [0.3, 0.4) is 0 Å². The summed E-state index contributed by atoms with van der Waals surface area (Å²) in [4.78, 5) is 16.8. The summed E-state index contributed by atoms with van der Waals surface area (Å²) in [5.74, 6) is -0.329. The number of aromatic nitrogens is 1. The van der Waals surface area contributed by atoms with E-state index < -0.39 is 16.1 Å². The van der Waals surface area contributed by atoms with Gasteiger partial charge in [0.2, 0.25) is 15.9 Å². The van der Waals surface area contributed by atoms with Gasteiger partial charge in [0, 0.05) is 12.7 Å². The predicted molar refractivity (Wildman–Crippen MR) is 104 cm³/mol. The third kappa shape index (κ3) is 3.43. The van der Waals surface area contributed by atoms with E-state index in [0.29, 0.717) is 25.1 Å².